The zero-order valence-electron chi connectivity index (χ0n) is 17.1. The van der Waals surface area contributed by atoms with Crippen molar-refractivity contribution in [1.82, 2.24) is 15.5 Å². The van der Waals surface area contributed by atoms with Gasteiger partial charge in [-0.3, -0.25) is 9.79 Å². The maximum atomic E-state index is 12.3. The molecule has 0 aliphatic rings. The Hall–Kier alpha value is -1.61. The molecular weight excluding hydrogens is 483 g/mol. The SMILES string of the molecule is CN=C(NCCC(=O)N(C)Cc1ccccc1)NCC(C)(C)c1cccs1.I. The highest BCUT2D eigenvalue weighted by atomic mass is 127. The number of carbonyl (C=O) groups excluding carboxylic acids is 1. The summed E-state index contributed by atoms with van der Waals surface area (Å²) in [5.41, 5.74) is 1.16. The van der Waals surface area contributed by atoms with Gasteiger partial charge in [-0.15, -0.1) is 35.3 Å². The Labute approximate surface area is 189 Å². The lowest BCUT2D eigenvalue weighted by Crippen LogP contribution is -2.44. The van der Waals surface area contributed by atoms with Gasteiger partial charge in [-0.05, 0) is 17.0 Å². The average Bonchev–Trinajstić information content (AvgIpc) is 3.21. The second kappa shape index (κ2) is 12.1. The number of aliphatic imine (C=N–C) groups is 1. The van der Waals surface area contributed by atoms with Gasteiger partial charge < -0.3 is 15.5 Å². The summed E-state index contributed by atoms with van der Waals surface area (Å²) < 4.78 is 0. The predicted octanol–water partition coefficient (Wildman–Crippen LogP) is 3.86. The molecule has 154 valence electrons. The summed E-state index contributed by atoms with van der Waals surface area (Å²) in [5.74, 6) is 0.832. The van der Waals surface area contributed by atoms with E-state index >= 15 is 0 Å². The molecule has 1 aromatic heterocycles. The Kier molecular flexibility index (Phi) is 10.5. The van der Waals surface area contributed by atoms with Gasteiger partial charge in [0.25, 0.3) is 0 Å². The van der Waals surface area contributed by atoms with Crippen LogP contribution >= 0.6 is 35.3 Å². The molecular formula is C21H31IN4OS. The van der Waals surface area contributed by atoms with Crippen LogP contribution in [0.1, 0.15) is 30.7 Å². The van der Waals surface area contributed by atoms with Crippen LogP contribution in [0.5, 0.6) is 0 Å². The summed E-state index contributed by atoms with van der Waals surface area (Å²) in [4.78, 5) is 19.7. The Morgan fingerprint density at radius 3 is 2.46 bits per heavy atom. The van der Waals surface area contributed by atoms with Gasteiger partial charge >= 0.3 is 0 Å². The largest absolute Gasteiger partial charge is 0.356 e. The molecule has 0 radical (unpaired) electrons. The quantitative estimate of drug-likeness (QED) is 0.320. The molecule has 2 rings (SSSR count). The van der Waals surface area contributed by atoms with E-state index in [1.807, 2.05) is 37.4 Å². The van der Waals surface area contributed by atoms with E-state index in [2.05, 4.69) is 47.0 Å². The topological polar surface area (TPSA) is 56.7 Å². The lowest BCUT2D eigenvalue weighted by molar-refractivity contribution is -0.130. The molecule has 1 amide bonds. The Morgan fingerprint density at radius 2 is 1.86 bits per heavy atom. The van der Waals surface area contributed by atoms with E-state index in [1.165, 1.54) is 4.88 Å². The van der Waals surface area contributed by atoms with Crippen LogP contribution in [0.3, 0.4) is 0 Å². The maximum absolute atomic E-state index is 12.3. The zero-order chi connectivity index (χ0) is 19.7. The van der Waals surface area contributed by atoms with Crippen molar-refractivity contribution in [1.29, 1.82) is 0 Å². The van der Waals surface area contributed by atoms with Gasteiger partial charge in [-0.2, -0.15) is 0 Å². The minimum atomic E-state index is 0. The Bertz CT molecular complexity index is 732. The number of rotatable bonds is 8. The van der Waals surface area contributed by atoms with E-state index in [1.54, 1.807) is 23.3 Å². The molecule has 2 aromatic rings. The second-order valence-corrected chi connectivity index (χ2v) is 8.15. The number of benzene rings is 1. The number of hydrogen-bond donors (Lipinski definition) is 2. The molecule has 0 aliphatic carbocycles. The van der Waals surface area contributed by atoms with Crippen molar-refractivity contribution in [2.75, 3.05) is 27.2 Å². The predicted molar refractivity (Wildman–Crippen MR) is 130 cm³/mol. The van der Waals surface area contributed by atoms with Gasteiger partial charge in [0.2, 0.25) is 5.91 Å². The van der Waals surface area contributed by atoms with Crippen LogP contribution in [0, 0.1) is 0 Å². The van der Waals surface area contributed by atoms with Crippen LogP contribution in [-0.2, 0) is 16.8 Å². The lowest BCUT2D eigenvalue weighted by Gasteiger charge is -2.25. The molecule has 1 aromatic carbocycles. The van der Waals surface area contributed by atoms with Gasteiger partial charge in [-0.25, -0.2) is 0 Å². The molecule has 28 heavy (non-hydrogen) atoms. The summed E-state index contributed by atoms with van der Waals surface area (Å²) in [6, 6.07) is 14.3. The van der Waals surface area contributed by atoms with Crippen LogP contribution in [0.25, 0.3) is 0 Å². The molecule has 0 fully saturated rings. The highest BCUT2D eigenvalue weighted by molar-refractivity contribution is 14.0. The van der Waals surface area contributed by atoms with E-state index in [0.29, 0.717) is 19.5 Å². The number of halogens is 1. The number of hydrogen-bond acceptors (Lipinski definition) is 3. The number of guanidine groups is 1. The minimum Gasteiger partial charge on any atom is -0.356 e. The molecule has 7 heteroatoms. The van der Waals surface area contributed by atoms with Gasteiger partial charge in [0.15, 0.2) is 5.96 Å². The molecule has 0 aliphatic heterocycles. The first-order valence-electron chi connectivity index (χ1n) is 9.19. The third-order valence-corrected chi connectivity index (χ3v) is 5.67. The molecule has 0 saturated heterocycles. The number of nitrogens with one attached hydrogen (secondary N) is 2. The van der Waals surface area contributed by atoms with E-state index in [0.717, 1.165) is 18.1 Å². The van der Waals surface area contributed by atoms with E-state index in [-0.39, 0.29) is 35.3 Å². The monoisotopic (exact) mass is 514 g/mol. The maximum Gasteiger partial charge on any atom is 0.224 e. The van der Waals surface area contributed by atoms with Crippen molar-refractivity contribution in [3.8, 4) is 0 Å². The number of thiophene rings is 1. The van der Waals surface area contributed by atoms with Gasteiger partial charge in [0.05, 0.1) is 0 Å². The van der Waals surface area contributed by atoms with Crippen LogP contribution < -0.4 is 10.6 Å². The van der Waals surface area contributed by atoms with Crippen molar-refractivity contribution >= 4 is 47.2 Å². The highest BCUT2D eigenvalue weighted by Gasteiger charge is 2.22. The van der Waals surface area contributed by atoms with Crippen molar-refractivity contribution in [2.45, 2.75) is 32.2 Å². The number of nitrogens with zero attached hydrogens (tertiary/aromatic N) is 2. The summed E-state index contributed by atoms with van der Waals surface area (Å²) in [6.07, 6.45) is 0.429. The third-order valence-electron chi connectivity index (χ3n) is 4.43. The smallest absolute Gasteiger partial charge is 0.224 e. The lowest BCUT2D eigenvalue weighted by atomic mass is 9.91. The average molecular weight is 514 g/mol. The molecule has 0 spiro atoms. The standard InChI is InChI=1S/C21H30N4OS.HI/c1-21(2,18-11-8-14-27-18)16-24-20(22-3)23-13-12-19(26)25(4)15-17-9-6-5-7-10-17;/h5-11,14H,12-13,15-16H2,1-4H3,(H2,22,23,24);1H. The highest BCUT2D eigenvalue weighted by Crippen LogP contribution is 2.26. The second-order valence-electron chi connectivity index (χ2n) is 7.20. The fourth-order valence-electron chi connectivity index (χ4n) is 2.70. The molecule has 5 nitrogen and oxygen atoms in total. The number of amides is 1. The first-order chi connectivity index (χ1) is 12.9. The van der Waals surface area contributed by atoms with E-state index in [4.69, 9.17) is 0 Å². The first kappa shape index (κ1) is 24.4. The van der Waals surface area contributed by atoms with Crippen molar-refractivity contribution in [2.24, 2.45) is 4.99 Å². The fraction of sp³-hybridized carbons (Fsp3) is 0.429. The van der Waals surface area contributed by atoms with Gasteiger partial charge in [0.1, 0.15) is 0 Å². The van der Waals surface area contributed by atoms with Crippen molar-refractivity contribution < 1.29 is 4.79 Å². The van der Waals surface area contributed by atoms with Crippen LogP contribution in [0.2, 0.25) is 0 Å². The fourth-order valence-corrected chi connectivity index (χ4v) is 3.55. The molecule has 0 unspecified atom stereocenters. The summed E-state index contributed by atoms with van der Waals surface area (Å²) in [7, 11) is 3.59. The third kappa shape index (κ3) is 7.79. The van der Waals surface area contributed by atoms with E-state index in [9.17, 15) is 4.79 Å². The van der Waals surface area contributed by atoms with Crippen LogP contribution in [-0.4, -0.2) is 44.0 Å². The summed E-state index contributed by atoms with van der Waals surface area (Å²) in [6.45, 7) is 6.37. The molecule has 0 saturated carbocycles. The van der Waals surface area contributed by atoms with E-state index < -0.39 is 0 Å². The van der Waals surface area contributed by atoms with Gasteiger partial charge in [-0.1, -0.05) is 50.2 Å². The first-order valence-corrected chi connectivity index (χ1v) is 10.1. The van der Waals surface area contributed by atoms with Gasteiger partial charge in [0, 0.05) is 50.4 Å². The normalized spacial score (nSPS) is 11.5. The van der Waals surface area contributed by atoms with Crippen LogP contribution in [0.15, 0.2) is 52.8 Å². The molecule has 0 bridgehead atoms. The summed E-state index contributed by atoms with van der Waals surface area (Å²) >= 11 is 1.76. The molecule has 0 atom stereocenters. The Morgan fingerprint density at radius 1 is 1.14 bits per heavy atom. The summed E-state index contributed by atoms with van der Waals surface area (Å²) in [5, 5.41) is 8.69. The zero-order valence-corrected chi connectivity index (χ0v) is 20.2. The minimum absolute atomic E-state index is 0. The number of carbonyl (C=O) groups is 1. The van der Waals surface area contributed by atoms with Crippen molar-refractivity contribution in [3.05, 3.63) is 58.3 Å². The van der Waals surface area contributed by atoms with Crippen molar-refractivity contribution in [3.63, 3.8) is 0 Å². The Balaban J connectivity index is 0.00000392. The van der Waals surface area contributed by atoms with Crippen LogP contribution in [0.4, 0.5) is 0 Å². The molecule has 1 heterocycles. The molecule has 2 N–H and O–H groups in total.